The third-order valence-electron chi connectivity index (χ3n) is 4.54. The SMILES string of the molecule is CC/C(=C(/C)C(=O)O)c1ccc2cc(O)ccc2c1CCC(C)C. The molecule has 0 aliphatic heterocycles. The normalized spacial score (nSPS) is 12.5. The van der Waals surface area contributed by atoms with E-state index in [0.29, 0.717) is 17.9 Å². The van der Waals surface area contributed by atoms with Crippen molar-refractivity contribution in [1.82, 2.24) is 0 Å². The van der Waals surface area contributed by atoms with Crippen LogP contribution in [0.25, 0.3) is 16.3 Å². The number of carboxylic acids is 1. The van der Waals surface area contributed by atoms with Crippen LogP contribution in [0, 0.1) is 5.92 Å². The maximum atomic E-state index is 11.5. The lowest BCUT2D eigenvalue weighted by atomic mass is 9.87. The molecule has 2 aromatic carbocycles. The first-order chi connectivity index (χ1) is 11.3. The largest absolute Gasteiger partial charge is 0.508 e. The third kappa shape index (κ3) is 3.78. The van der Waals surface area contributed by atoms with Crippen molar-refractivity contribution >= 4 is 22.3 Å². The minimum Gasteiger partial charge on any atom is -0.508 e. The van der Waals surface area contributed by atoms with Crippen molar-refractivity contribution in [2.75, 3.05) is 0 Å². The van der Waals surface area contributed by atoms with Crippen molar-refractivity contribution in [3.8, 4) is 5.75 Å². The Morgan fingerprint density at radius 1 is 1.17 bits per heavy atom. The van der Waals surface area contributed by atoms with E-state index in [0.717, 1.165) is 34.8 Å². The number of carboxylic acid groups (broad SMARTS) is 1. The molecule has 0 fully saturated rings. The van der Waals surface area contributed by atoms with E-state index >= 15 is 0 Å². The van der Waals surface area contributed by atoms with Crippen LogP contribution in [0.4, 0.5) is 0 Å². The van der Waals surface area contributed by atoms with E-state index in [-0.39, 0.29) is 5.75 Å². The number of benzene rings is 2. The van der Waals surface area contributed by atoms with E-state index in [1.807, 2.05) is 25.1 Å². The highest BCUT2D eigenvalue weighted by Gasteiger charge is 2.16. The van der Waals surface area contributed by atoms with Gasteiger partial charge < -0.3 is 10.2 Å². The van der Waals surface area contributed by atoms with E-state index in [4.69, 9.17) is 0 Å². The van der Waals surface area contributed by atoms with E-state index < -0.39 is 5.97 Å². The van der Waals surface area contributed by atoms with Gasteiger partial charge in [-0.05, 0) is 71.7 Å². The third-order valence-corrected chi connectivity index (χ3v) is 4.54. The minimum atomic E-state index is -0.868. The Morgan fingerprint density at radius 3 is 2.46 bits per heavy atom. The molecule has 2 aromatic rings. The number of hydrogen-bond donors (Lipinski definition) is 2. The molecule has 0 saturated heterocycles. The summed E-state index contributed by atoms with van der Waals surface area (Å²) in [6, 6.07) is 9.37. The van der Waals surface area contributed by atoms with Gasteiger partial charge in [0.05, 0.1) is 0 Å². The molecule has 0 aliphatic rings. The van der Waals surface area contributed by atoms with Crippen LogP contribution in [-0.2, 0) is 11.2 Å². The molecule has 2 N–H and O–H groups in total. The Kier molecular flexibility index (Phi) is 5.66. The molecule has 0 radical (unpaired) electrons. The van der Waals surface area contributed by atoms with Gasteiger partial charge in [-0.25, -0.2) is 4.79 Å². The van der Waals surface area contributed by atoms with Gasteiger partial charge in [-0.3, -0.25) is 0 Å². The second-order valence-electron chi connectivity index (χ2n) is 6.69. The number of rotatable bonds is 6. The molecule has 0 bridgehead atoms. The average molecular weight is 326 g/mol. The quantitative estimate of drug-likeness (QED) is 0.699. The second kappa shape index (κ2) is 7.52. The van der Waals surface area contributed by atoms with Gasteiger partial charge in [0, 0.05) is 5.57 Å². The summed E-state index contributed by atoms with van der Waals surface area (Å²) < 4.78 is 0. The van der Waals surface area contributed by atoms with Crippen LogP contribution in [0.1, 0.15) is 51.7 Å². The molecular formula is C21H26O3. The van der Waals surface area contributed by atoms with Crippen molar-refractivity contribution in [2.24, 2.45) is 5.92 Å². The first-order valence-corrected chi connectivity index (χ1v) is 8.53. The summed E-state index contributed by atoms with van der Waals surface area (Å²) in [5, 5.41) is 21.2. The molecule has 128 valence electrons. The molecular weight excluding hydrogens is 300 g/mol. The molecule has 24 heavy (non-hydrogen) atoms. The number of aliphatic carboxylic acids is 1. The van der Waals surface area contributed by atoms with Crippen LogP contribution in [0.3, 0.4) is 0 Å². The van der Waals surface area contributed by atoms with Gasteiger partial charge in [-0.15, -0.1) is 0 Å². The maximum absolute atomic E-state index is 11.5. The van der Waals surface area contributed by atoms with E-state index in [1.54, 1.807) is 19.1 Å². The molecule has 2 rings (SSSR count). The summed E-state index contributed by atoms with van der Waals surface area (Å²) in [6.45, 7) is 8.05. The zero-order valence-corrected chi connectivity index (χ0v) is 14.9. The fourth-order valence-corrected chi connectivity index (χ4v) is 3.15. The molecule has 0 saturated carbocycles. The van der Waals surface area contributed by atoms with Crippen molar-refractivity contribution in [2.45, 2.75) is 47.0 Å². The molecule has 3 nitrogen and oxygen atoms in total. The maximum Gasteiger partial charge on any atom is 0.331 e. The van der Waals surface area contributed by atoms with Crippen LogP contribution in [0.2, 0.25) is 0 Å². The molecule has 0 heterocycles. The first-order valence-electron chi connectivity index (χ1n) is 8.53. The van der Waals surface area contributed by atoms with Gasteiger partial charge in [-0.2, -0.15) is 0 Å². The highest BCUT2D eigenvalue weighted by atomic mass is 16.4. The Labute approximate surface area is 143 Å². The standard InChI is InChI=1S/C21H26O3/c1-5-17(14(4)21(23)24)19-10-7-15-12-16(22)8-11-18(15)20(19)9-6-13(2)3/h7-8,10-13,22H,5-6,9H2,1-4H3,(H,23,24)/b17-14+. The predicted molar refractivity (Wildman–Crippen MR) is 99.3 cm³/mol. The van der Waals surface area contributed by atoms with Crippen molar-refractivity contribution in [3.63, 3.8) is 0 Å². The number of carbonyl (C=O) groups is 1. The van der Waals surface area contributed by atoms with Gasteiger partial charge in [0.2, 0.25) is 0 Å². The van der Waals surface area contributed by atoms with Gasteiger partial charge in [0.1, 0.15) is 5.75 Å². The van der Waals surface area contributed by atoms with Crippen LogP contribution < -0.4 is 0 Å². The summed E-state index contributed by atoms with van der Waals surface area (Å²) in [5.74, 6) is -0.0506. The van der Waals surface area contributed by atoms with Gasteiger partial charge in [0.25, 0.3) is 0 Å². The summed E-state index contributed by atoms with van der Waals surface area (Å²) in [7, 11) is 0. The number of hydrogen-bond acceptors (Lipinski definition) is 2. The number of fused-ring (bicyclic) bond motifs is 1. The molecule has 0 amide bonds. The summed E-state index contributed by atoms with van der Waals surface area (Å²) in [4.78, 5) is 11.5. The van der Waals surface area contributed by atoms with Crippen molar-refractivity contribution in [1.29, 1.82) is 0 Å². The summed E-state index contributed by atoms with van der Waals surface area (Å²) >= 11 is 0. The number of phenols is 1. The van der Waals surface area contributed by atoms with Crippen molar-refractivity contribution < 1.29 is 15.0 Å². The van der Waals surface area contributed by atoms with Crippen LogP contribution in [0.15, 0.2) is 35.9 Å². The lowest BCUT2D eigenvalue weighted by molar-refractivity contribution is -0.132. The lowest BCUT2D eigenvalue weighted by Crippen LogP contribution is -2.04. The zero-order chi connectivity index (χ0) is 17.9. The predicted octanol–water partition coefficient (Wildman–Crippen LogP) is 5.40. The summed E-state index contributed by atoms with van der Waals surface area (Å²) in [6.07, 6.45) is 2.61. The Hall–Kier alpha value is -2.29. The average Bonchev–Trinajstić information content (AvgIpc) is 2.53. The summed E-state index contributed by atoms with van der Waals surface area (Å²) in [5.41, 5.74) is 3.49. The number of aryl methyl sites for hydroxylation is 1. The van der Waals surface area contributed by atoms with Crippen LogP contribution >= 0.6 is 0 Å². The Balaban J connectivity index is 2.72. The second-order valence-corrected chi connectivity index (χ2v) is 6.69. The van der Waals surface area contributed by atoms with E-state index in [9.17, 15) is 15.0 Å². The number of aromatic hydroxyl groups is 1. The molecule has 3 heteroatoms. The molecule has 0 atom stereocenters. The topological polar surface area (TPSA) is 57.5 Å². The highest BCUT2D eigenvalue weighted by Crippen LogP contribution is 2.33. The highest BCUT2D eigenvalue weighted by molar-refractivity contribution is 5.99. The fourth-order valence-electron chi connectivity index (χ4n) is 3.15. The van der Waals surface area contributed by atoms with Gasteiger partial charge >= 0.3 is 5.97 Å². The number of allylic oxidation sites excluding steroid dienone is 1. The molecule has 0 spiro atoms. The molecule has 0 unspecified atom stereocenters. The molecule has 0 aliphatic carbocycles. The lowest BCUT2D eigenvalue weighted by Gasteiger charge is -2.17. The van der Waals surface area contributed by atoms with E-state index in [2.05, 4.69) is 13.8 Å². The van der Waals surface area contributed by atoms with Crippen LogP contribution in [0.5, 0.6) is 5.75 Å². The van der Waals surface area contributed by atoms with Crippen LogP contribution in [-0.4, -0.2) is 16.2 Å². The fraction of sp³-hybridized carbons (Fsp3) is 0.381. The monoisotopic (exact) mass is 326 g/mol. The first kappa shape index (κ1) is 18.1. The van der Waals surface area contributed by atoms with Gasteiger partial charge in [0.15, 0.2) is 0 Å². The Bertz CT molecular complexity index is 785. The molecule has 0 aromatic heterocycles. The zero-order valence-electron chi connectivity index (χ0n) is 14.9. The minimum absolute atomic E-state index is 0.248. The number of phenolic OH excluding ortho intramolecular Hbond substituents is 1. The van der Waals surface area contributed by atoms with Crippen molar-refractivity contribution in [3.05, 3.63) is 47.0 Å². The smallest absolute Gasteiger partial charge is 0.331 e. The van der Waals surface area contributed by atoms with E-state index in [1.165, 1.54) is 5.56 Å². The van der Waals surface area contributed by atoms with Gasteiger partial charge in [-0.1, -0.05) is 39.0 Å². The Morgan fingerprint density at radius 2 is 1.88 bits per heavy atom.